The number of hydrogen-bond acceptors (Lipinski definition) is 1. The Morgan fingerprint density at radius 1 is 1.08 bits per heavy atom. The van der Waals surface area contributed by atoms with Gasteiger partial charge < -0.3 is 11.1 Å². The van der Waals surface area contributed by atoms with Crippen LogP contribution in [0.1, 0.15) is 79.1 Å². The van der Waals surface area contributed by atoms with Gasteiger partial charge in [-0.2, -0.15) is 0 Å². The number of fused-ring (bicyclic) bond motifs is 5. The second-order valence-electron chi connectivity index (χ2n) is 10.9. The van der Waals surface area contributed by atoms with Crippen molar-refractivity contribution >= 4 is 0 Å². The molecule has 3 unspecified atom stereocenters. The van der Waals surface area contributed by atoms with E-state index in [-0.39, 0.29) is 0 Å². The lowest BCUT2D eigenvalue weighted by atomic mass is 9.46. The van der Waals surface area contributed by atoms with E-state index in [4.69, 9.17) is 5.73 Å². The zero-order valence-electron chi connectivity index (χ0n) is 17.6. The highest BCUT2D eigenvalue weighted by atomic mass is 14.9. The van der Waals surface area contributed by atoms with E-state index in [1.807, 2.05) is 0 Å². The Labute approximate surface area is 161 Å². The van der Waals surface area contributed by atoms with Gasteiger partial charge in [-0.25, -0.2) is 0 Å². The van der Waals surface area contributed by atoms with Crippen molar-refractivity contribution < 1.29 is 0 Å². The van der Waals surface area contributed by atoms with Crippen molar-refractivity contribution in [3.8, 4) is 0 Å². The fraction of sp³-hybridized carbons (Fsp3) is 0.917. The predicted molar refractivity (Wildman–Crippen MR) is 111 cm³/mol. The molecule has 0 aromatic carbocycles. The van der Waals surface area contributed by atoms with E-state index in [0.717, 1.165) is 36.1 Å². The Morgan fingerprint density at radius 3 is 2.62 bits per heavy atom. The summed E-state index contributed by atoms with van der Waals surface area (Å²) in [6.45, 7) is 11.7. The minimum Gasteiger partial charge on any atom is -0.650 e. The first-order valence-corrected chi connectivity index (χ1v) is 11.4. The molecule has 4 rings (SSSR count). The number of nitrogens with zero attached hydrogens (tertiary/aromatic N) is 1. The fourth-order valence-corrected chi connectivity index (χ4v) is 8.32. The van der Waals surface area contributed by atoms with E-state index >= 15 is 0 Å². The van der Waals surface area contributed by atoms with Crippen LogP contribution in [0.5, 0.6) is 0 Å². The quantitative estimate of drug-likeness (QED) is 0.604. The van der Waals surface area contributed by atoms with Gasteiger partial charge in [-0.3, -0.25) is 0 Å². The number of rotatable bonds is 4. The molecule has 0 aliphatic heterocycles. The van der Waals surface area contributed by atoms with Crippen LogP contribution in [0.2, 0.25) is 0 Å². The van der Waals surface area contributed by atoms with Crippen LogP contribution in [0.25, 0.3) is 5.32 Å². The van der Waals surface area contributed by atoms with E-state index in [9.17, 15) is 0 Å². The Morgan fingerprint density at radius 2 is 1.88 bits per heavy atom. The zero-order valence-corrected chi connectivity index (χ0v) is 17.6. The third-order valence-corrected chi connectivity index (χ3v) is 9.58. The topological polar surface area (TPSA) is 40.1 Å². The molecule has 148 valence electrons. The first kappa shape index (κ1) is 19.0. The summed E-state index contributed by atoms with van der Waals surface area (Å²) in [4.78, 5) is 0. The summed E-state index contributed by atoms with van der Waals surface area (Å²) < 4.78 is 0. The molecule has 26 heavy (non-hydrogen) atoms. The van der Waals surface area contributed by atoms with Gasteiger partial charge in [-0.15, -0.1) is 13.2 Å². The normalized spacial score (nSPS) is 47.9. The maximum atomic E-state index is 5.60. The van der Waals surface area contributed by atoms with Crippen LogP contribution in [0.4, 0.5) is 0 Å². The van der Waals surface area contributed by atoms with Crippen molar-refractivity contribution in [2.24, 2.45) is 52.1 Å². The van der Waals surface area contributed by atoms with Crippen LogP contribution in [-0.4, -0.2) is 13.2 Å². The molecule has 4 aliphatic rings. The van der Waals surface area contributed by atoms with Gasteiger partial charge in [0.1, 0.15) is 0 Å². The van der Waals surface area contributed by atoms with E-state index < -0.39 is 0 Å². The van der Waals surface area contributed by atoms with Gasteiger partial charge in [0.25, 0.3) is 0 Å². The second kappa shape index (κ2) is 6.92. The molecule has 2 heteroatoms. The summed E-state index contributed by atoms with van der Waals surface area (Å²) in [5.74, 6) is 5.41. The van der Waals surface area contributed by atoms with Gasteiger partial charge in [0.05, 0.1) is 0 Å². The second-order valence-corrected chi connectivity index (χ2v) is 10.9. The van der Waals surface area contributed by atoms with Gasteiger partial charge in [0, 0.05) is 0 Å². The molecule has 0 saturated heterocycles. The van der Waals surface area contributed by atoms with Gasteiger partial charge in [0.15, 0.2) is 0 Å². The Bertz CT molecular complexity index is 552. The van der Waals surface area contributed by atoms with E-state index in [0.29, 0.717) is 23.4 Å². The molecule has 4 aliphatic carbocycles. The molecule has 0 aromatic rings. The molecule has 7 atom stereocenters. The lowest BCUT2D eigenvalue weighted by molar-refractivity contribution is -0.0586. The molecule has 0 bridgehead atoms. The van der Waals surface area contributed by atoms with E-state index in [1.165, 1.54) is 51.4 Å². The van der Waals surface area contributed by atoms with Gasteiger partial charge in [-0.05, 0) is 97.7 Å². The maximum absolute atomic E-state index is 5.60. The largest absolute Gasteiger partial charge is 0.650 e. The minimum atomic E-state index is 0.485. The van der Waals surface area contributed by atoms with Crippen molar-refractivity contribution in [3.63, 3.8) is 0 Å². The number of nitrogens with two attached hydrogens (primary N) is 1. The lowest BCUT2D eigenvalue weighted by Gasteiger charge is -2.59. The average molecular weight is 358 g/mol. The number of allylic oxidation sites excluding steroid dienone is 1. The van der Waals surface area contributed by atoms with Crippen LogP contribution in [0.15, 0.2) is 11.6 Å². The molecule has 0 heterocycles. The van der Waals surface area contributed by atoms with Gasteiger partial charge in [0.2, 0.25) is 0 Å². The van der Waals surface area contributed by atoms with E-state index in [1.54, 1.807) is 5.57 Å². The molecule has 2 N–H and O–H groups in total. The molecule has 3 fully saturated rings. The smallest absolute Gasteiger partial charge is 0.00851 e. The van der Waals surface area contributed by atoms with Gasteiger partial charge in [-0.1, -0.05) is 39.3 Å². The Hall–Kier alpha value is -0.340. The average Bonchev–Trinajstić information content (AvgIpc) is 2.97. The zero-order chi connectivity index (χ0) is 18.5. The molecule has 3 saturated carbocycles. The van der Waals surface area contributed by atoms with Crippen LogP contribution >= 0.6 is 0 Å². The van der Waals surface area contributed by atoms with Crippen molar-refractivity contribution in [2.45, 2.75) is 79.1 Å². The van der Waals surface area contributed by atoms with Crippen molar-refractivity contribution in [1.29, 1.82) is 0 Å². The van der Waals surface area contributed by atoms with E-state index in [2.05, 4.69) is 39.1 Å². The van der Waals surface area contributed by atoms with Crippen LogP contribution in [0.3, 0.4) is 0 Å². The predicted octanol–water partition coefficient (Wildman–Crippen LogP) is 6.13. The molecule has 0 spiro atoms. The van der Waals surface area contributed by atoms with Crippen LogP contribution < -0.4 is 5.73 Å². The highest BCUT2D eigenvalue weighted by Gasteiger charge is 2.58. The maximum Gasteiger partial charge on any atom is -0.00851 e. The lowest BCUT2D eigenvalue weighted by Crippen LogP contribution is -2.50. The molecular weight excluding hydrogens is 316 g/mol. The third kappa shape index (κ3) is 2.82. The third-order valence-electron chi connectivity index (χ3n) is 9.58. The summed E-state index contributed by atoms with van der Waals surface area (Å²) in [7, 11) is 0. The Kier molecular flexibility index (Phi) is 5.06. The summed E-state index contributed by atoms with van der Waals surface area (Å²) >= 11 is 0. The highest BCUT2D eigenvalue weighted by molar-refractivity contribution is 5.25. The van der Waals surface area contributed by atoms with Crippen molar-refractivity contribution in [1.82, 2.24) is 0 Å². The van der Waals surface area contributed by atoms with Crippen LogP contribution in [-0.2, 0) is 0 Å². The summed E-state index contributed by atoms with van der Waals surface area (Å²) in [5.41, 5.74) is 8.51. The highest BCUT2D eigenvalue weighted by Crippen LogP contribution is 2.67. The summed E-state index contributed by atoms with van der Waals surface area (Å²) in [6.07, 6.45) is 14.1. The van der Waals surface area contributed by atoms with Crippen molar-refractivity contribution in [3.05, 3.63) is 17.0 Å². The monoisotopic (exact) mass is 357 g/mol. The first-order valence-electron chi connectivity index (χ1n) is 11.4. The minimum absolute atomic E-state index is 0.485. The fourth-order valence-electron chi connectivity index (χ4n) is 8.32. The molecular formula is C24H41N2-. The SMILES string of the molecule is CC(C)[C@H]1CCC2C3CCC4=C[C@@H](C[N-]CN)CC[C@]4(C)C3CC[C@@]21C. The van der Waals surface area contributed by atoms with Crippen LogP contribution in [0, 0.1) is 46.3 Å². The molecule has 2 nitrogen and oxygen atoms in total. The number of hydrogen-bond donors (Lipinski definition) is 1. The summed E-state index contributed by atoms with van der Waals surface area (Å²) in [5, 5.41) is 4.45. The van der Waals surface area contributed by atoms with Crippen molar-refractivity contribution in [2.75, 3.05) is 13.2 Å². The summed E-state index contributed by atoms with van der Waals surface area (Å²) in [6, 6.07) is 0. The molecule has 0 amide bonds. The molecule has 0 aromatic heterocycles. The molecule has 0 radical (unpaired) electrons. The standard InChI is InChI=1S/C24H41N2/c1-16(2)20-7-8-21-19-6-5-18-13-17(14-26-15-25)9-11-23(18,3)22(19)10-12-24(20,21)4/h13,16-17,19-22H,5-12,14-15,25H2,1-4H3/q-1/t17-,19?,20+,21?,22?,23-,24+/m0/s1. The first-order chi connectivity index (χ1) is 12.4. The Balaban J connectivity index is 1.56. The van der Waals surface area contributed by atoms with Gasteiger partial charge >= 0.3 is 0 Å².